The van der Waals surface area contributed by atoms with Gasteiger partial charge in [0.1, 0.15) is 0 Å². The van der Waals surface area contributed by atoms with E-state index in [1.807, 2.05) is 18.2 Å². The van der Waals surface area contributed by atoms with Crippen molar-refractivity contribution in [3.63, 3.8) is 0 Å². The summed E-state index contributed by atoms with van der Waals surface area (Å²) in [6.45, 7) is 4.44. The molecule has 1 aromatic carbocycles. The van der Waals surface area contributed by atoms with Gasteiger partial charge in [0.2, 0.25) is 0 Å². The number of amides is 1. The highest BCUT2D eigenvalue weighted by Crippen LogP contribution is 2.26. The van der Waals surface area contributed by atoms with E-state index in [1.165, 1.54) is 19.3 Å². The van der Waals surface area contributed by atoms with Crippen LogP contribution in [-0.4, -0.2) is 29.3 Å². The lowest BCUT2D eigenvalue weighted by Gasteiger charge is -2.22. The Morgan fingerprint density at radius 2 is 2.00 bits per heavy atom. The number of nitrogens with zero attached hydrogens (tertiary/aromatic N) is 2. The van der Waals surface area contributed by atoms with E-state index in [1.54, 1.807) is 6.21 Å². The first-order valence-corrected chi connectivity index (χ1v) is 10.3. The number of nitrogens with one attached hydrogen (secondary N) is 2. The van der Waals surface area contributed by atoms with E-state index in [2.05, 4.69) is 62.3 Å². The largest absolute Gasteiger partial charge is 0.317 e. The Kier molecular flexibility index (Phi) is 6.85. The van der Waals surface area contributed by atoms with Gasteiger partial charge in [-0.3, -0.25) is 4.79 Å². The number of hydrogen-bond donors (Lipinski definition) is 2. The summed E-state index contributed by atoms with van der Waals surface area (Å²) in [6, 6.07) is 10.7. The Balaban J connectivity index is 1.60. The SMILES string of the molecule is Cc1cc(/C=N\NC(=O)CNC2CCCCC2)c(C)n1-c1ccccc1Br. The van der Waals surface area contributed by atoms with E-state index in [-0.39, 0.29) is 5.91 Å². The van der Waals surface area contributed by atoms with E-state index in [0.29, 0.717) is 12.6 Å². The molecule has 0 spiro atoms. The number of aromatic nitrogens is 1. The van der Waals surface area contributed by atoms with Crippen LogP contribution in [0, 0.1) is 13.8 Å². The van der Waals surface area contributed by atoms with Gasteiger partial charge in [-0.25, -0.2) is 5.43 Å². The second-order valence-electron chi connectivity index (χ2n) is 7.12. The molecule has 1 aromatic heterocycles. The highest BCUT2D eigenvalue weighted by molar-refractivity contribution is 9.10. The molecule has 0 saturated heterocycles. The fourth-order valence-corrected chi connectivity index (χ4v) is 4.14. The number of hydrogen-bond acceptors (Lipinski definition) is 3. The number of carbonyl (C=O) groups is 1. The number of halogens is 1. The molecule has 0 bridgehead atoms. The molecule has 1 heterocycles. The predicted octanol–water partition coefficient (Wildman–Crippen LogP) is 4.23. The van der Waals surface area contributed by atoms with Crippen LogP contribution in [0.1, 0.15) is 49.1 Å². The first-order valence-electron chi connectivity index (χ1n) is 9.55. The van der Waals surface area contributed by atoms with Crippen molar-refractivity contribution in [3.05, 3.63) is 51.8 Å². The van der Waals surface area contributed by atoms with Gasteiger partial charge in [-0.2, -0.15) is 5.10 Å². The van der Waals surface area contributed by atoms with Gasteiger partial charge in [-0.05, 0) is 60.8 Å². The summed E-state index contributed by atoms with van der Waals surface area (Å²) in [7, 11) is 0. The maximum Gasteiger partial charge on any atom is 0.254 e. The molecule has 1 saturated carbocycles. The van der Waals surface area contributed by atoms with E-state index in [4.69, 9.17) is 0 Å². The van der Waals surface area contributed by atoms with Crippen LogP contribution in [-0.2, 0) is 4.79 Å². The zero-order valence-electron chi connectivity index (χ0n) is 16.0. The lowest BCUT2D eigenvalue weighted by molar-refractivity contribution is -0.120. The van der Waals surface area contributed by atoms with Gasteiger partial charge in [0, 0.05) is 27.5 Å². The Hall–Kier alpha value is -1.92. The van der Waals surface area contributed by atoms with Gasteiger partial charge >= 0.3 is 0 Å². The molecule has 5 nitrogen and oxygen atoms in total. The summed E-state index contributed by atoms with van der Waals surface area (Å²) >= 11 is 3.61. The number of rotatable bonds is 6. The van der Waals surface area contributed by atoms with Gasteiger partial charge in [0.15, 0.2) is 0 Å². The molecular formula is C21H27BrN4O. The standard InChI is InChI=1S/C21H27BrN4O/c1-15-12-17(16(2)26(15)20-11-7-6-10-19(20)22)13-24-25-21(27)14-23-18-8-4-3-5-9-18/h6-7,10-13,18,23H,3-5,8-9,14H2,1-2H3,(H,25,27)/b24-13-. The highest BCUT2D eigenvalue weighted by atomic mass is 79.9. The van der Waals surface area contributed by atoms with Crippen LogP contribution < -0.4 is 10.7 Å². The first kappa shape index (κ1) is 19.8. The number of carbonyl (C=O) groups excluding carboxylic acids is 1. The molecule has 1 aliphatic rings. The van der Waals surface area contributed by atoms with Crippen molar-refractivity contribution < 1.29 is 4.79 Å². The van der Waals surface area contributed by atoms with Crippen molar-refractivity contribution in [3.8, 4) is 5.69 Å². The summed E-state index contributed by atoms with van der Waals surface area (Å²) < 4.78 is 3.22. The monoisotopic (exact) mass is 430 g/mol. The van der Waals surface area contributed by atoms with Crippen molar-refractivity contribution in [2.45, 2.75) is 52.0 Å². The normalized spacial score (nSPS) is 15.4. The fourth-order valence-electron chi connectivity index (χ4n) is 3.68. The topological polar surface area (TPSA) is 58.4 Å². The van der Waals surface area contributed by atoms with Crippen LogP contribution in [0.5, 0.6) is 0 Å². The van der Waals surface area contributed by atoms with Crippen molar-refractivity contribution >= 4 is 28.1 Å². The van der Waals surface area contributed by atoms with Gasteiger partial charge < -0.3 is 9.88 Å². The minimum Gasteiger partial charge on any atom is -0.317 e. The molecule has 6 heteroatoms. The predicted molar refractivity (Wildman–Crippen MR) is 114 cm³/mol. The first-order chi connectivity index (χ1) is 13.1. The van der Waals surface area contributed by atoms with Crippen molar-refractivity contribution in [2.24, 2.45) is 5.10 Å². The molecule has 2 N–H and O–H groups in total. The van der Waals surface area contributed by atoms with Gasteiger partial charge in [0.25, 0.3) is 5.91 Å². The van der Waals surface area contributed by atoms with Crippen molar-refractivity contribution in [2.75, 3.05) is 6.54 Å². The van der Waals surface area contributed by atoms with Crippen molar-refractivity contribution in [1.29, 1.82) is 0 Å². The average molecular weight is 431 g/mol. The summed E-state index contributed by atoms with van der Waals surface area (Å²) in [5, 5.41) is 7.47. The maximum absolute atomic E-state index is 12.0. The summed E-state index contributed by atoms with van der Waals surface area (Å²) in [6.07, 6.45) is 7.87. The second kappa shape index (κ2) is 9.33. The Morgan fingerprint density at radius 1 is 1.26 bits per heavy atom. The minimum atomic E-state index is -0.101. The van der Waals surface area contributed by atoms with E-state index in [9.17, 15) is 4.79 Å². The third kappa shape index (κ3) is 5.08. The molecule has 27 heavy (non-hydrogen) atoms. The molecule has 1 amide bonds. The third-order valence-corrected chi connectivity index (χ3v) is 5.78. The zero-order chi connectivity index (χ0) is 19.2. The fraction of sp³-hybridized carbons (Fsp3) is 0.429. The minimum absolute atomic E-state index is 0.101. The molecule has 2 aromatic rings. The van der Waals surface area contributed by atoms with Crippen molar-refractivity contribution in [1.82, 2.24) is 15.3 Å². The molecule has 3 rings (SSSR count). The Labute approximate surface area is 169 Å². The number of aryl methyl sites for hydroxylation is 1. The second-order valence-corrected chi connectivity index (χ2v) is 7.98. The summed E-state index contributed by atoms with van der Waals surface area (Å²) in [5.41, 5.74) is 6.91. The van der Waals surface area contributed by atoms with Crippen LogP contribution in [0.3, 0.4) is 0 Å². The maximum atomic E-state index is 12.0. The molecule has 0 aliphatic heterocycles. The molecule has 1 aliphatic carbocycles. The lowest BCUT2D eigenvalue weighted by Crippen LogP contribution is -2.38. The van der Waals surface area contributed by atoms with Gasteiger partial charge in [-0.1, -0.05) is 31.4 Å². The van der Waals surface area contributed by atoms with Crippen LogP contribution in [0.4, 0.5) is 0 Å². The van der Waals surface area contributed by atoms with Crippen LogP contribution >= 0.6 is 15.9 Å². The van der Waals surface area contributed by atoms with E-state index >= 15 is 0 Å². The molecule has 0 unspecified atom stereocenters. The Bertz CT molecular complexity index is 822. The van der Waals surface area contributed by atoms with Gasteiger partial charge in [0.05, 0.1) is 18.4 Å². The molecule has 144 valence electrons. The lowest BCUT2D eigenvalue weighted by atomic mass is 9.95. The molecular weight excluding hydrogens is 404 g/mol. The zero-order valence-corrected chi connectivity index (χ0v) is 17.6. The quantitative estimate of drug-likeness (QED) is 0.531. The van der Waals surface area contributed by atoms with E-state index < -0.39 is 0 Å². The Morgan fingerprint density at radius 3 is 2.74 bits per heavy atom. The van der Waals surface area contributed by atoms with Crippen LogP contribution in [0.2, 0.25) is 0 Å². The third-order valence-electron chi connectivity index (χ3n) is 5.11. The molecule has 0 radical (unpaired) electrons. The number of benzene rings is 1. The molecule has 0 atom stereocenters. The number of para-hydroxylation sites is 1. The number of hydrazone groups is 1. The highest BCUT2D eigenvalue weighted by Gasteiger charge is 2.14. The summed E-state index contributed by atoms with van der Waals surface area (Å²) in [4.78, 5) is 12.0. The van der Waals surface area contributed by atoms with Gasteiger partial charge in [-0.15, -0.1) is 0 Å². The smallest absolute Gasteiger partial charge is 0.254 e. The van der Waals surface area contributed by atoms with Crippen LogP contribution in [0.15, 0.2) is 39.9 Å². The molecule has 1 fully saturated rings. The summed E-state index contributed by atoms with van der Waals surface area (Å²) in [5.74, 6) is -0.101. The van der Waals surface area contributed by atoms with Crippen LogP contribution in [0.25, 0.3) is 5.69 Å². The average Bonchev–Trinajstić information content (AvgIpc) is 2.95. The van der Waals surface area contributed by atoms with E-state index in [0.717, 1.165) is 40.0 Å².